The van der Waals surface area contributed by atoms with Crippen molar-refractivity contribution in [3.8, 4) is 5.69 Å². The van der Waals surface area contributed by atoms with Crippen LogP contribution in [0.5, 0.6) is 0 Å². The van der Waals surface area contributed by atoms with Crippen molar-refractivity contribution in [3.63, 3.8) is 0 Å². The Bertz CT molecular complexity index is 884. The van der Waals surface area contributed by atoms with Gasteiger partial charge in [-0.2, -0.15) is 23.3 Å². The molecule has 2 heterocycles. The average molecular weight is 337 g/mol. The number of anilines is 1. The molecule has 0 bridgehead atoms. The van der Waals surface area contributed by atoms with E-state index in [1.54, 1.807) is 6.92 Å². The summed E-state index contributed by atoms with van der Waals surface area (Å²) in [7, 11) is 0. The summed E-state index contributed by atoms with van der Waals surface area (Å²) in [5.41, 5.74) is -0.636. The molecule has 0 atom stereocenters. The molecule has 0 aliphatic heterocycles. The lowest BCUT2D eigenvalue weighted by Gasteiger charge is -2.08. The van der Waals surface area contributed by atoms with Crippen molar-refractivity contribution >= 4 is 11.9 Å². The van der Waals surface area contributed by atoms with Crippen LogP contribution in [0.1, 0.15) is 21.9 Å². The van der Waals surface area contributed by atoms with Crippen LogP contribution in [0.25, 0.3) is 5.69 Å². The van der Waals surface area contributed by atoms with Crippen molar-refractivity contribution in [2.45, 2.75) is 13.1 Å². The van der Waals surface area contributed by atoms with E-state index in [2.05, 4.69) is 20.6 Å². The number of hydrogen-bond acceptors (Lipinski definition) is 5. The molecule has 10 heteroatoms. The lowest BCUT2D eigenvalue weighted by molar-refractivity contribution is -0.137. The van der Waals surface area contributed by atoms with E-state index >= 15 is 0 Å². The zero-order chi connectivity index (χ0) is 17.3. The van der Waals surface area contributed by atoms with Gasteiger partial charge in [-0.25, -0.2) is 4.68 Å². The van der Waals surface area contributed by atoms with Crippen molar-refractivity contribution in [3.05, 3.63) is 53.6 Å². The molecule has 3 aromatic rings. The van der Waals surface area contributed by atoms with Gasteiger partial charge in [0.15, 0.2) is 11.5 Å². The number of nitrogens with zero attached hydrogens (tertiary/aromatic N) is 4. The van der Waals surface area contributed by atoms with Gasteiger partial charge in [-0.3, -0.25) is 10.1 Å². The highest BCUT2D eigenvalue weighted by Gasteiger charge is 2.30. The van der Waals surface area contributed by atoms with Gasteiger partial charge in [-0.05, 0) is 31.2 Å². The predicted molar refractivity (Wildman–Crippen MR) is 75.6 cm³/mol. The third kappa shape index (κ3) is 3.26. The molecular formula is C14H10F3N5O2. The maximum atomic E-state index is 12.7. The zero-order valence-corrected chi connectivity index (χ0v) is 12.2. The van der Waals surface area contributed by atoms with E-state index in [1.807, 2.05) is 0 Å². The summed E-state index contributed by atoms with van der Waals surface area (Å²) in [4.78, 5) is 15.8. The van der Waals surface area contributed by atoms with Crippen LogP contribution < -0.4 is 5.32 Å². The van der Waals surface area contributed by atoms with Crippen molar-refractivity contribution in [2.24, 2.45) is 0 Å². The van der Waals surface area contributed by atoms with Gasteiger partial charge in [0, 0.05) is 6.20 Å². The van der Waals surface area contributed by atoms with Crippen molar-refractivity contribution < 1.29 is 22.5 Å². The first-order valence-corrected chi connectivity index (χ1v) is 6.68. The van der Waals surface area contributed by atoms with Gasteiger partial charge in [0.2, 0.25) is 0 Å². The van der Waals surface area contributed by atoms with Crippen LogP contribution in [0.15, 0.2) is 41.1 Å². The first-order valence-electron chi connectivity index (χ1n) is 6.68. The van der Waals surface area contributed by atoms with Crippen LogP contribution in [0, 0.1) is 6.92 Å². The predicted octanol–water partition coefficient (Wildman–Crippen LogP) is 2.83. The molecule has 1 N–H and O–H groups in total. The monoisotopic (exact) mass is 337 g/mol. The first-order chi connectivity index (χ1) is 11.3. The van der Waals surface area contributed by atoms with Crippen LogP contribution in [0.4, 0.5) is 19.2 Å². The summed E-state index contributed by atoms with van der Waals surface area (Å²) in [5.74, 6) is -0.274. The van der Waals surface area contributed by atoms with E-state index in [0.717, 1.165) is 12.1 Å². The fourth-order valence-corrected chi connectivity index (χ4v) is 1.92. The Morgan fingerprint density at radius 3 is 2.75 bits per heavy atom. The van der Waals surface area contributed by atoms with Crippen LogP contribution >= 0.6 is 0 Å². The van der Waals surface area contributed by atoms with Gasteiger partial charge in [-0.15, -0.1) is 0 Å². The van der Waals surface area contributed by atoms with Crippen molar-refractivity contribution in [1.29, 1.82) is 0 Å². The van der Waals surface area contributed by atoms with E-state index in [4.69, 9.17) is 4.52 Å². The maximum absolute atomic E-state index is 12.7. The number of carbonyl (C=O) groups excluding carboxylic acids is 1. The Balaban J connectivity index is 1.81. The summed E-state index contributed by atoms with van der Waals surface area (Å²) in [6.07, 6.45) is -3.08. The van der Waals surface area contributed by atoms with Crippen LogP contribution in [0.3, 0.4) is 0 Å². The average Bonchev–Trinajstić information content (AvgIpc) is 3.16. The number of nitrogens with one attached hydrogen (secondary N) is 1. The Morgan fingerprint density at radius 2 is 2.08 bits per heavy atom. The highest BCUT2D eigenvalue weighted by Crippen LogP contribution is 2.30. The van der Waals surface area contributed by atoms with Gasteiger partial charge < -0.3 is 4.52 Å². The molecule has 0 aliphatic rings. The molecule has 0 fully saturated rings. The molecule has 0 aliphatic carbocycles. The van der Waals surface area contributed by atoms with Crippen LogP contribution in [-0.2, 0) is 6.18 Å². The summed E-state index contributed by atoms with van der Waals surface area (Å²) in [5, 5.41) is 9.81. The number of aromatic nitrogens is 4. The fraction of sp³-hybridized carbons (Fsp3) is 0.143. The number of amides is 1. The molecule has 0 saturated heterocycles. The largest absolute Gasteiger partial charge is 0.416 e. The molecule has 0 unspecified atom stereocenters. The summed E-state index contributed by atoms with van der Waals surface area (Å²) < 4.78 is 44.2. The summed E-state index contributed by atoms with van der Waals surface area (Å²) in [6, 6.07) is 5.88. The second-order valence-corrected chi connectivity index (χ2v) is 4.79. The van der Waals surface area contributed by atoms with Gasteiger partial charge in [0.1, 0.15) is 0 Å². The van der Waals surface area contributed by atoms with E-state index in [0.29, 0.717) is 5.82 Å². The summed E-state index contributed by atoms with van der Waals surface area (Å²) in [6.45, 7) is 1.58. The molecule has 0 saturated carbocycles. The number of aryl methyl sites for hydroxylation is 1. The standard InChI is InChI=1S/C14H10F3N5O2/c1-8-18-13(24-21-8)19-12(23)11-5-6-22(20-11)10-4-2-3-9(7-10)14(15,16)17/h2-7H,1H3,(H,18,19,21,23). The number of alkyl halides is 3. The molecule has 0 spiro atoms. The Hall–Kier alpha value is -3.17. The van der Waals surface area contributed by atoms with E-state index in [9.17, 15) is 18.0 Å². The first kappa shape index (κ1) is 15.7. The van der Waals surface area contributed by atoms with Gasteiger partial charge in [0.25, 0.3) is 5.91 Å². The number of halogens is 3. The minimum absolute atomic E-state index is 0.0109. The normalized spacial score (nSPS) is 11.5. The van der Waals surface area contributed by atoms with Crippen LogP contribution in [0.2, 0.25) is 0 Å². The lowest BCUT2D eigenvalue weighted by atomic mass is 10.2. The van der Waals surface area contributed by atoms with Gasteiger partial charge in [0.05, 0.1) is 11.3 Å². The topological polar surface area (TPSA) is 85.8 Å². The van der Waals surface area contributed by atoms with Crippen molar-refractivity contribution in [1.82, 2.24) is 19.9 Å². The molecule has 1 amide bonds. The quantitative estimate of drug-likeness (QED) is 0.794. The van der Waals surface area contributed by atoms with Gasteiger partial charge >= 0.3 is 12.2 Å². The minimum Gasteiger partial charge on any atom is -0.315 e. The minimum atomic E-state index is -4.46. The number of benzene rings is 1. The third-order valence-corrected chi connectivity index (χ3v) is 3.01. The molecule has 2 aromatic heterocycles. The Labute approximate surface area is 133 Å². The maximum Gasteiger partial charge on any atom is 0.416 e. The second kappa shape index (κ2) is 5.80. The number of rotatable bonds is 3. The molecule has 3 rings (SSSR count). The van der Waals surface area contributed by atoms with Crippen molar-refractivity contribution in [2.75, 3.05) is 5.32 Å². The zero-order valence-electron chi connectivity index (χ0n) is 12.2. The van der Waals surface area contributed by atoms with Crippen LogP contribution in [-0.4, -0.2) is 25.8 Å². The summed E-state index contributed by atoms with van der Waals surface area (Å²) >= 11 is 0. The van der Waals surface area contributed by atoms with E-state index < -0.39 is 17.6 Å². The molecule has 24 heavy (non-hydrogen) atoms. The Kier molecular flexibility index (Phi) is 3.80. The SMILES string of the molecule is Cc1noc(NC(=O)c2ccn(-c3cccc(C(F)(F)F)c3)n2)n1. The lowest BCUT2D eigenvalue weighted by Crippen LogP contribution is -2.13. The third-order valence-electron chi connectivity index (χ3n) is 3.01. The number of carbonyl (C=O) groups is 1. The highest BCUT2D eigenvalue weighted by atomic mass is 19.4. The fourth-order valence-electron chi connectivity index (χ4n) is 1.92. The highest BCUT2D eigenvalue weighted by molar-refractivity contribution is 6.01. The smallest absolute Gasteiger partial charge is 0.315 e. The molecule has 1 aromatic carbocycles. The van der Waals surface area contributed by atoms with E-state index in [1.165, 1.54) is 29.1 Å². The Morgan fingerprint density at radius 1 is 1.29 bits per heavy atom. The molecule has 0 radical (unpaired) electrons. The molecular weight excluding hydrogens is 327 g/mol. The van der Waals surface area contributed by atoms with Gasteiger partial charge in [-0.1, -0.05) is 11.2 Å². The molecule has 124 valence electrons. The second-order valence-electron chi connectivity index (χ2n) is 4.79. The molecule has 7 nitrogen and oxygen atoms in total. The number of hydrogen-bond donors (Lipinski definition) is 1. The van der Waals surface area contributed by atoms with E-state index in [-0.39, 0.29) is 17.4 Å².